The van der Waals surface area contributed by atoms with Crippen LogP contribution in [-0.4, -0.2) is 19.4 Å². The molecule has 0 bridgehead atoms. The summed E-state index contributed by atoms with van der Waals surface area (Å²) in [6, 6.07) is 5.77. The van der Waals surface area contributed by atoms with E-state index in [0.29, 0.717) is 18.8 Å². The number of rotatable bonds is 3. The molecule has 1 aliphatic carbocycles. The van der Waals surface area contributed by atoms with Crippen molar-refractivity contribution in [2.45, 2.75) is 31.8 Å². The largest absolute Gasteiger partial charge is 0.490 e. The van der Waals surface area contributed by atoms with E-state index in [-0.39, 0.29) is 0 Å². The predicted octanol–water partition coefficient (Wildman–Crippen LogP) is 2.31. The molecule has 0 spiro atoms. The normalized spacial score (nSPS) is 26.1. The van der Waals surface area contributed by atoms with Crippen molar-refractivity contribution in [3.05, 3.63) is 18.2 Å². The van der Waals surface area contributed by atoms with Crippen LogP contribution in [0, 0.1) is 5.92 Å². The van der Waals surface area contributed by atoms with Crippen LogP contribution in [0.5, 0.6) is 17.2 Å². The average Bonchev–Trinajstić information content (AvgIpc) is 2.87. The van der Waals surface area contributed by atoms with Gasteiger partial charge in [0, 0.05) is 6.07 Å². The number of hydrogen-bond acceptors (Lipinski definition) is 4. The van der Waals surface area contributed by atoms with Gasteiger partial charge >= 0.3 is 0 Å². The molecule has 4 heteroatoms. The van der Waals surface area contributed by atoms with Crippen molar-refractivity contribution in [1.82, 2.24) is 0 Å². The van der Waals surface area contributed by atoms with Gasteiger partial charge in [-0.05, 0) is 50.3 Å². The third-order valence-electron chi connectivity index (χ3n) is 3.77. The third kappa shape index (κ3) is 2.38. The monoisotopic (exact) mass is 249 g/mol. The smallest absolute Gasteiger partial charge is 0.231 e. The van der Waals surface area contributed by atoms with Crippen LogP contribution in [0.2, 0.25) is 0 Å². The highest BCUT2D eigenvalue weighted by atomic mass is 16.7. The van der Waals surface area contributed by atoms with Gasteiger partial charge in [0.25, 0.3) is 0 Å². The molecule has 0 atom stereocenters. The van der Waals surface area contributed by atoms with Crippen LogP contribution in [0.15, 0.2) is 18.2 Å². The second-order valence-corrected chi connectivity index (χ2v) is 5.01. The maximum Gasteiger partial charge on any atom is 0.231 e. The summed E-state index contributed by atoms with van der Waals surface area (Å²) in [6.07, 6.45) is 4.84. The van der Waals surface area contributed by atoms with E-state index in [1.165, 1.54) is 12.8 Å². The molecule has 0 unspecified atom stereocenters. The van der Waals surface area contributed by atoms with Gasteiger partial charge in [0.15, 0.2) is 11.5 Å². The van der Waals surface area contributed by atoms with Crippen molar-refractivity contribution in [2.75, 3.05) is 13.3 Å². The Balaban J connectivity index is 1.60. The van der Waals surface area contributed by atoms with Gasteiger partial charge in [0.2, 0.25) is 6.79 Å². The lowest BCUT2D eigenvalue weighted by atomic mass is 9.87. The molecular weight excluding hydrogens is 230 g/mol. The summed E-state index contributed by atoms with van der Waals surface area (Å²) in [7, 11) is 0. The van der Waals surface area contributed by atoms with Gasteiger partial charge in [0.1, 0.15) is 5.75 Å². The molecule has 2 N–H and O–H groups in total. The van der Waals surface area contributed by atoms with Crippen molar-refractivity contribution in [3.63, 3.8) is 0 Å². The Morgan fingerprint density at radius 1 is 1.11 bits per heavy atom. The van der Waals surface area contributed by atoms with Crippen molar-refractivity contribution in [3.8, 4) is 17.2 Å². The quantitative estimate of drug-likeness (QED) is 0.893. The van der Waals surface area contributed by atoms with Crippen molar-refractivity contribution < 1.29 is 14.2 Å². The topological polar surface area (TPSA) is 53.7 Å². The summed E-state index contributed by atoms with van der Waals surface area (Å²) in [5, 5.41) is 0. The summed E-state index contributed by atoms with van der Waals surface area (Å²) >= 11 is 0. The zero-order chi connectivity index (χ0) is 12.4. The molecule has 98 valence electrons. The highest BCUT2D eigenvalue weighted by Gasteiger charge is 2.22. The molecule has 18 heavy (non-hydrogen) atoms. The molecule has 2 aliphatic rings. The first-order valence-corrected chi connectivity index (χ1v) is 6.61. The highest BCUT2D eigenvalue weighted by molar-refractivity contribution is 5.46. The van der Waals surface area contributed by atoms with Gasteiger partial charge in [-0.15, -0.1) is 0 Å². The molecule has 1 fully saturated rings. The third-order valence-corrected chi connectivity index (χ3v) is 3.77. The van der Waals surface area contributed by atoms with Gasteiger partial charge in [-0.3, -0.25) is 0 Å². The van der Waals surface area contributed by atoms with E-state index < -0.39 is 0 Å². The Morgan fingerprint density at radius 3 is 2.67 bits per heavy atom. The van der Waals surface area contributed by atoms with E-state index in [1.807, 2.05) is 18.2 Å². The summed E-state index contributed by atoms with van der Waals surface area (Å²) in [4.78, 5) is 0. The van der Waals surface area contributed by atoms with Crippen molar-refractivity contribution in [1.29, 1.82) is 0 Å². The van der Waals surface area contributed by atoms with Crippen molar-refractivity contribution in [2.24, 2.45) is 11.7 Å². The lowest BCUT2D eigenvalue weighted by Crippen LogP contribution is -2.27. The van der Waals surface area contributed by atoms with Gasteiger partial charge in [-0.1, -0.05) is 0 Å². The maximum absolute atomic E-state index is 6.00. The van der Waals surface area contributed by atoms with Crippen LogP contribution in [0.3, 0.4) is 0 Å². The van der Waals surface area contributed by atoms with Crippen LogP contribution >= 0.6 is 0 Å². The molecule has 4 nitrogen and oxygen atoms in total. The summed E-state index contributed by atoms with van der Waals surface area (Å²) in [6.45, 7) is 1.11. The van der Waals surface area contributed by atoms with E-state index in [2.05, 4.69) is 0 Å². The summed E-state index contributed by atoms with van der Waals surface area (Å²) in [5.74, 6) is 3.13. The average molecular weight is 249 g/mol. The SMILES string of the molecule is NCC1CCC(Oc2ccc3c(c2)OCO3)CC1. The van der Waals surface area contributed by atoms with Gasteiger partial charge in [0.05, 0.1) is 6.10 Å². The fourth-order valence-electron chi connectivity index (χ4n) is 2.63. The van der Waals surface area contributed by atoms with E-state index in [4.69, 9.17) is 19.9 Å². The Hall–Kier alpha value is -1.42. The molecule has 0 radical (unpaired) electrons. The number of nitrogens with two attached hydrogens (primary N) is 1. The molecule has 1 aromatic carbocycles. The number of hydrogen-bond donors (Lipinski definition) is 1. The lowest BCUT2D eigenvalue weighted by molar-refractivity contribution is 0.132. The Bertz CT molecular complexity index is 414. The van der Waals surface area contributed by atoms with Crippen LogP contribution in [0.1, 0.15) is 25.7 Å². The zero-order valence-electron chi connectivity index (χ0n) is 10.4. The van der Waals surface area contributed by atoms with Gasteiger partial charge in [-0.2, -0.15) is 0 Å². The second-order valence-electron chi connectivity index (χ2n) is 5.01. The van der Waals surface area contributed by atoms with Gasteiger partial charge < -0.3 is 19.9 Å². The minimum Gasteiger partial charge on any atom is -0.490 e. The molecule has 0 amide bonds. The standard InChI is InChI=1S/C14H19NO3/c15-8-10-1-3-11(4-2-10)18-12-5-6-13-14(7-12)17-9-16-13/h5-7,10-11H,1-4,8-9,15H2. The van der Waals surface area contributed by atoms with Crippen LogP contribution in [0.4, 0.5) is 0 Å². The maximum atomic E-state index is 6.00. The second kappa shape index (κ2) is 5.06. The molecule has 3 rings (SSSR count). The number of benzene rings is 1. The van der Waals surface area contributed by atoms with Gasteiger partial charge in [-0.25, -0.2) is 0 Å². The van der Waals surface area contributed by atoms with E-state index in [1.54, 1.807) is 0 Å². The van der Waals surface area contributed by atoms with Crippen LogP contribution in [0.25, 0.3) is 0 Å². The molecule has 1 aromatic rings. The molecule has 1 saturated carbocycles. The van der Waals surface area contributed by atoms with Crippen molar-refractivity contribution >= 4 is 0 Å². The molecule has 0 saturated heterocycles. The first kappa shape index (κ1) is 11.7. The molecule has 1 aliphatic heterocycles. The number of fused-ring (bicyclic) bond motifs is 1. The van der Waals surface area contributed by atoms with Crippen LogP contribution < -0.4 is 19.9 Å². The fourth-order valence-corrected chi connectivity index (χ4v) is 2.63. The first-order valence-electron chi connectivity index (χ1n) is 6.61. The fraction of sp³-hybridized carbons (Fsp3) is 0.571. The zero-order valence-corrected chi connectivity index (χ0v) is 10.4. The summed E-state index contributed by atoms with van der Waals surface area (Å²) in [5.41, 5.74) is 5.69. The Labute approximate surface area is 107 Å². The predicted molar refractivity (Wildman–Crippen MR) is 68.0 cm³/mol. The minimum absolute atomic E-state index is 0.306. The van der Waals surface area contributed by atoms with E-state index >= 15 is 0 Å². The Morgan fingerprint density at radius 2 is 1.89 bits per heavy atom. The first-order chi connectivity index (χ1) is 8.85. The summed E-state index contributed by atoms with van der Waals surface area (Å²) < 4.78 is 16.6. The van der Waals surface area contributed by atoms with E-state index in [0.717, 1.165) is 36.6 Å². The Kier molecular flexibility index (Phi) is 3.28. The minimum atomic E-state index is 0.306. The molecule has 0 aromatic heterocycles. The van der Waals surface area contributed by atoms with Crippen LogP contribution in [-0.2, 0) is 0 Å². The number of ether oxygens (including phenoxy) is 3. The van der Waals surface area contributed by atoms with E-state index in [9.17, 15) is 0 Å². The molecule has 1 heterocycles. The lowest BCUT2D eigenvalue weighted by Gasteiger charge is -2.28. The molecular formula is C14H19NO3. The highest BCUT2D eigenvalue weighted by Crippen LogP contribution is 2.36.